The van der Waals surface area contributed by atoms with E-state index in [0.29, 0.717) is 5.82 Å². The number of carbonyl (C=O) groups is 1. The molecule has 12 heteroatoms. The molecule has 2 heterocycles. The quantitative estimate of drug-likeness (QED) is 0.333. The lowest BCUT2D eigenvalue weighted by Gasteiger charge is -2.24. The first kappa shape index (κ1) is 22.4. The van der Waals surface area contributed by atoms with E-state index in [2.05, 4.69) is 36.4 Å². The first-order chi connectivity index (χ1) is 13.0. The van der Waals surface area contributed by atoms with Crippen molar-refractivity contribution in [3.8, 4) is 11.4 Å². The van der Waals surface area contributed by atoms with E-state index in [4.69, 9.17) is 4.18 Å². The van der Waals surface area contributed by atoms with Crippen LogP contribution in [-0.2, 0) is 32.7 Å². The van der Waals surface area contributed by atoms with E-state index < -0.39 is 15.1 Å². The molecule has 0 saturated carbocycles. The zero-order valence-corrected chi connectivity index (χ0v) is 18.6. The lowest BCUT2D eigenvalue weighted by Crippen LogP contribution is -2.46. The normalized spacial score (nSPS) is 13.3. The molecule has 28 heavy (non-hydrogen) atoms. The van der Waals surface area contributed by atoms with Crippen LogP contribution in [0.4, 0.5) is 0 Å². The molecule has 1 amide bonds. The average molecular weight is 476 g/mol. The fourth-order valence-corrected chi connectivity index (χ4v) is 3.61. The van der Waals surface area contributed by atoms with Gasteiger partial charge in [0, 0.05) is 19.7 Å². The van der Waals surface area contributed by atoms with Crippen molar-refractivity contribution in [3.63, 3.8) is 0 Å². The third kappa shape index (κ3) is 6.91. The summed E-state index contributed by atoms with van der Waals surface area (Å²) in [4.78, 5) is 16.1. The van der Waals surface area contributed by atoms with Crippen LogP contribution in [0.3, 0.4) is 0 Å². The zero-order chi connectivity index (χ0) is 20.9. The number of rotatable bonds is 8. The van der Waals surface area contributed by atoms with Crippen LogP contribution >= 0.6 is 15.9 Å². The Kier molecular flexibility index (Phi) is 7.23. The SMILES string of the molecule is Cn1cnc(-c2cc[n+](CC(=O)NCCS(=O)(=O)OC(Br)C(C)(C)C)nc2)n1. The van der Waals surface area contributed by atoms with Gasteiger partial charge in [-0.25, -0.2) is 4.98 Å². The molecular weight excluding hydrogens is 452 g/mol. The number of hydrogen-bond acceptors (Lipinski definition) is 7. The molecule has 1 atom stereocenters. The zero-order valence-electron chi connectivity index (χ0n) is 16.2. The molecule has 0 saturated heterocycles. The Morgan fingerprint density at radius 1 is 1.43 bits per heavy atom. The van der Waals surface area contributed by atoms with Crippen molar-refractivity contribution in [2.45, 2.75) is 32.3 Å². The van der Waals surface area contributed by atoms with Gasteiger partial charge in [-0.1, -0.05) is 41.4 Å². The molecule has 154 valence electrons. The summed E-state index contributed by atoms with van der Waals surface area (Å²) in [5, 5.41) is 10.2. The second-order valence-electron chi connectivity index (χ2n) is 7.25. The second kappa shape index (κ2) is 9.05. The molecule has 1 unspecified atom stereocenters. The van der Waals surface area contributed by atoms with E-state index in [1.807, 2.05) is 20.8 Å². The van der Waals surface area contributed by atoms with Gasteiger partial charge in [0.15, 0.2) is 12.0 Å². The van der Waals surface area contributed by atoms with Gasteiger partial charge in [-0.05, 0) is 10.5 Å². The van der Waals surface area contributed by atoms with Crippen LogP contribution in [-0.4, -0.2) is 51.5 Å². The number of aromatic nitrogens is 5. The van der Waals surface area contributed by atoms with E-state index in [0.717, 1.165) is 5.56 Å². The minimum Gasteiger partial charge on any atom is -0.349 e. The number of nitrogens with zero attached hydrogens (tertiary/aromatic N) is 5. The topological polar surface area (TPSA) is 120 Å². The molecule has 2 aromatic heterocycles. The monoisotopic (exact) mass is 475 g/mol. The van der Waals surface area contributed by atoms with E-state index >= 15 is 0 Å². The number of halogens is 1. The Morgan fingerprint density at radius 3 is 2.68 bits per heavy atom. The van der Waals surface area contributed by atoms with Gasteiger partial charge in [0.1, 0.15) is 17.5 Å². The molecule has 0 bridgehead atoms. The van der Waals surface area contributed by atoms with Crippen LogP contribution in [0.15, 0.2) is 24.8 Å². The van der Waals surface area contributed by atoms with Crippen LogP contribution < -0.4 is 10.00 Å². The first-order valence-electron chi connectivity index (χ1n) is 8.50. The third-order valence-corrected chi connectivity index (χ3v) is 6.52. The summed E-state index contributed by atoms with van der Waals surface area (Å²) in [6, 6.07) is 1.75. The fraction of sp³-hybridized carbons (Fsp3) is 0.562. The third-order valence-electron chi connectivity index (χ3n) is 3.52. The average Bonchev–Trinajstić information content (AvgIpc) is 3.00. The highest BCUT2D eigenvalue weighted by molar-refractivity contribution is 9.09. The number of aryl methyl sites for hydroxylation is 1. The molecule has 0 aliphatic carbocycles. The van der Waals surface area contributed by atoms with Gasteiger partial charge in [0.05, 0.1) is 11.3 Å². The summed E-state index contributed by atoms with van der Waals surface area (Å²) in [5.74, 6) is -0.140. The molecule has 2 aromatic rings. The van der Waals surface area contributed by atoms with Crippen molar-refractivity contribution in [1.29, 1.82) is 0 Å². The van der Waals surface area contributed by atoms with Crippen LogP contribution in [0.2, 0.25) is 0 Å². The Labute approximate surface area is 172 Å². The van der Waals surface area contributed by atoms with E-state index in [1.165, 1.54) is 4.68 Å². The van der Waals surface area contributed by atoms with Gasteiger partial charge in [-0.3, -0.25) is 13.7 Å². The Hall–Kier alpha value is -1.92. The molecule has 0 aliphatic rings. The van der Waals surface area contributed by atoms with E-state index in [9.17, 15) is 13.2 Å². The van der Waals surface area contributed by atoms with E-state index in [-0.39, 0.29) is 30.2 Å². The summed E-state index contributed by atoms with van der Waals surface area (Å²) in [5.41, 5.74) is 0.346. The lowest BCUT2D eigenvalue weighted by atomic mass is 9.99. The molecule has 1 N–H and O–H groups in total. The van der Waals surface area contributed by atoms with Crippen LogP contribution in [0.25, 0.3) is 11.4 Å². The van der Waals surface area contributed by atoms with Gasteiger partial charge in [0.25, 0.3) is 22.6 Å². The highest BCUT2D eigenvalue weighted by atomic mass is 79.9. The maximum absolute atomic E-state index is 12.0. The maximum atomic E-state index is 12.0. The highest BCUT2D eigenvalue weighted by Gasteiger charge is 2.28. The van der Waals surface area contributed by atoms with Crippen LogP contribution in [0.5, 0.6) is 0 Å². The molecular formula is C16H24BrN6O4S+. The molecule has 0 fully saturated rings. The van der Waals surface area contributed by atoms with E-state index in [1.54, 1.807) is 36.5 Å². The Morgan fingerprint density at radius 2 is 2.14 bits per heavy atom. The van der Waals surface area contributed by atoms with Gasteiger partial charge < -0.3 is 5.32 Å². The second-order valence-corrected chi connectivity index (χ2v) is 9.79. The molecule has 0 radical (unpaired) electrons. The summed E-state index contributed by atoms with van der Waals surface area (Å²) >= 11 is 3.21. The van der Waals surface area contributed by atoms with Crippen LogP contribution in [0.1, 0.15) is 20.8 Å². The number of amides is 1. The number of nitrogens with one attached hydrogen (secondary N) is 1. The number of carbonyl (C=O) groups excluding carboxylic acids is 1. The number of hydrogen-bond donors (Lipinski definition) is 1. The summed E-state index contributed by atoms with van der Waals surface area (Å²) in [7, 11) is -2.00. The fourth-order valence-electron chi connectivity index (χ4n) is 1.92. The predicted molar refractivity (Wildman–Crippen MR) is 104 cm³/mol. The molecule has 10 nitrogen and oxygen atoms in total. The minimum absolute atomic E-state index is 0.0418. The van der Waals surface area contributed by atoms with Gasteiger partial charge in [0.2, 0.25) is 0 Å². The van der Waals surface area contributed by atoms with Crippen molar-refractivity contribution < 1.29 is 22.1 Å². The molecule has 2 rings (SSSR count). The van der Waals surface area contributed by atoms with Crippen molar-refractivity contribution in [1.82, 2.24) is 25.2 Å². The van der Waals surface area contributed by atoms with Crippen molar-refractivity contribution in [3.05, 3.63) is 24.8 Å². The van der Waals surface area contributed by atoms with Crippen LogP contribution in [0, 0.1) is 5.41 Å². The Balaban J connectivity index is 1.81. The van der Waals surface area contributed by atoms with Crippen molar-refractivity contribution in [2.24, 2.45) is 12.5 Å². The Bertz CT molecular complexity index is 908. The summed E-state index contributed by atoms with van der Waals surface area (Å²) < 4.78 is 32.0. The van der Waals surface area contributed by atoms with Crippen molar-refractivity contribution >= 4 is 32.0 Å². The smallest absolute Gasteiger partial charge is 0.288 e. The van der Waals surface area contributed by atoms with Crippen molar-refractivity contribution in [2.75, 3.05) is 12.3 Å². The first-order valence-corrected chi connectivity index (χ1v) is 11.0. The molecule has 0 spiro atoms. The summed E-state index contributed by atoms with van der Waals surface area (Å²) in [6.07, 6.45) is 4.77. The van der Waals surface area contributed by atoms with Gasteiger partial charge >= 0.3 is 0 Å². The maximum Gasteiger partial charge on any atom is 0.288 e. The predicted octanol–water partition coefficient (Wildman–Crippen LogP) is 0.394. The highest BCUT2D eigenvalue weighted by Crippen LogP contribution is 2.28. The minimum atomic E-state index is -3.77. The molecule has 0 aliphatic heterocycles. The lowest BCUT2D eigenvalue weighted by molar-refractivity contribution is -0.742. The number of alkyl halides is 1. The summed E-state index contributed by atoms with van der Waals surface area (Å²) in [6.45, 7) is 5.46. The van der Waals surface area contributed by atoms with Gasteiger partial charge in [-0.15, -0.1) is 0 Å². The standard InChI is InChI=1S/C16H23BrN6O4S/c1-16(2,3)15(17)27-28(25,26)8-6-18-13(24)10-23-7-5-12(9-20-23)14-19-11-22(4)21-14/h5,7,9,11,15H,6,8,10H2,1-4H3/p+1. The largest absolute Gasteiger partial charge is 0.349 e. The van der Waals surface area contributed by atoms with Gasteiger partial charge in [-0.2, -0.15) is 13.5 Å². The molecule has 0 aromatic carbocycles.